The Hall–Kier alpha value is -3.00. The second-order valence-electron chi connectivity index (χ2n) is 6.96. The molecule has 30 heavy (non-hydrogen) atoms. The lowest BCUT2D eigenvalue weighted by molar-refractivity contribution is 0.0725. The first-order valence-electron chi connectivity index (χ1n) is 9.81. The third-order valence-corrected chi connectivity index (χ3v) is 5.01. The van der Waals surface area contributed by atoms with Gasteiger partial charge in [0, 0.05) is 6.04 Å². The van der Waals surface area contributed by atoms with Crippen molar-refractivity contribution in [1.29, 1.82) is 0 Å². The zero-order valence-electron chi connectivity index (χ0n) is 16.7. The summed E-state index contributed by atoms with van der Waals surface area (Å²) in [6.07, 6.45) is 7.55. The van der Waals surface area contributed by atoms with Crippen molar-refractivity contribution in [3.63, 3.8) is 0 Å². The van der Waals surface area contributed by atoms with E-state index >= 15 is 0 Å². The number of carbonyl (C=O) groups is 1. The molecule has 6 nitrogen and oxygen atoms in total. The summed E-state index contributed by atoms with van der Waals surface area (Å²) < 4.78 is 24.4. The van der Waals surface area contributed by atoms with Crippen LogP contribution in [0.1, 0.15) is 48.0 Å². The quantitative estimate of drug-likeness (QED) is 0.236. The summed E-state index contributed by atoms with van der Waals surface area (Å²) in [5, 5.41) is 7.90. The molecule has 0 radical (unpaired) electrons. The largest absolute Gasteiger partial charge is 0.493 e. The molecular weight excluding hydrogens is 405 g/mol. The van der Waals surface area contributed by atoms with Crippen LogP contribution in [0.25, 0.3) is 0 Å². The zero-order valence-corrected chi connectivity index (χ0v) is 17.5. The number of esters is 1. The highest BCUT2D eigenvalue weighted by atomic mass is 32.1. The minimum atomic E-state index is -0.798. The number of thiocarbonyl (C=S) groups is 1. The highest BCUT2D eigenvalue weighted by Gasteiger charge is 2.16. The normalized spacial score (nSPS) is 14.3. The van der Waals surface area contributed by atoms with Crippen molar-refractivity contribution in [2.45, 2.75) is 38.1 Å². The third-order valence-electron chi connectivity index (χ3n) is 4.80. The molecule has 0 aliphatic heterocycles. The van der Waals surface area contributed by atoms with Crippen molar-refractivity contribution in [2.24, 2.45) is 5.10 Å². The molecule has 1 aliphatic rings. The highest BCUT2D eigenvalue weighted by molar-refractivity contribution is 7.80. The Kier molecular flexibility index (Phi) is 7.73. The van der Waals surface area contributed by atoms with Gasteiger partial charge in [0.15, 0.2) is 16.6 Å². The molecule has 0 atom stereocenters. The zero-order chi connectivity index (χ0) is 21.3. The van der Waals surface area contributed by atoms with Gasteiger partial charge in [0.05, 0.1) is 18.9 Å². The first-order valence-corrected chi connectivity index (χ1v) is 10.2. The van der Waals surface area contributed by atoms with E-state index in [9.17, 15) is 9.18 Å². The van der Waals surface area contributed by atoms with Gasteiger partial charge in [-0.1, -0.05) is 31.4 Å². The number of nitrogens with zero attached hydrogens (tertiary/aromatic N) is 1. The molecule has 1 fully saturated rings. The molecule has 2 aromatic carbocycles. The standard InChI is InChI=1S/C22H24FN3O3S/c1-28-20-13-15(14-24-26-22(30)25-16-7-3-2-4-8-16)11-12-19(20)29-21(27)17-9-5-6-10-18(17)23/h5-6,9-14,16H,2-4,7-8H2,1H3,(H2,25,26,30)/b24-14+. The van der Waals surface area contributed by atoms with Crippen molar-refractivity contribution in [3.8, 4) is 11.5 Å². The molecule has 2 N–H and O–H groups in total. The summed E-state index contributed by atoms with van der Waals surface area (Å²) in [4.78, 5) is 12.2. The Morgan fingerprint density at radius 2 is 1.93 bits per heavy atom. The van der Waals surface area contributed by atoms with Crippen molar-refractivity contribution >= 4 is 29.5 Å². The lowest BCUT2D eigenvalue weighted by atomic mass is 9.96. The molecule has 0 spiro atoms. The summed E-state index contributed by atoms with van der Waals surface area (Å²) in [5.41, 5.74) is 3.38. The molecule has 0 saturated heterocycles. The molecule has 3 rings (SSSR count). The monoisotopic (exact) mass is 429 g/mol. The number of ether oxygens (including phenoxy) is 2. The molecule has 2 aromatic rings. The SMILES string of the molecule is COc1cc(/C=N/NC(=S)NC2CCCCC2)ccc1OC(=O)c1ccccc1F. The predicted octanol–water partition coefficient (Wildman–Crippen LogP) is 4.18. The van der Waals surface area contributed by atoms with Crippen LogP contribution in [0.5, 0.6) is 11.5 Å². The van der Waals surface area contributed by atoms with Crippen molar-refractivity contribution < 1.29 is 18.7 Å². The van der Waals surface area contributed by atoms with Crippen molar-refractivity contribution in [1.82, 2.24) is 10.7 Å². The minimum absolute atomic E-state index is 0.145. The van der Waals surface area contributed by atoms with E-state index in [-0.39, 0.29) is 11.3 Å². The van der Waals surface area contributed by atoms with Crippen molar-refractivity contribution in [3.05, 3.63) is 59.4 Å². The summed E-state index contributed by atoms with van der Waals surface area (Å²) in [6.45, 7) is 0. The van der Waals surface area contributed by atoms with E-state index in [0.717, 1.165) is 12.8 Å². The van der Waals surface area contributed by atoms with Gasteiger partial charge in [-0.3, -0.25) is 5.43 Å². The molecule has 0 bridgehead atoms. The Labute approximate surface area is 180 Å². The molecule has 1 saturated carbocycles. The van der Waals surface area contributed by atoms with E-state index in [1.165, 1.54) is 44.6 Å². The van der Waals surface area contributed by atoms with Crippen molar-refractivity contribution in [2.75, 3.05) is 7.11 Å². The van der Waals surface area contributed by atoms with Gasteiger partial charge in [0.1, 0.15) is 5.82 Å². The Bertz CT molecular complexity index is 930. The van der Waals surface area contributed by atoms with Gasteiger partial charge in [-0.05, 0) is 61.0 Å². The fraction of sp³-hybridized carbons (Fsp3) is 0.318. The van der Waals surface area contributed by atoms with E-state index < -0.39 is 11.8 Å². The lowest BCUT2D eigenvalue weighted by Crippen LogP contribution is -2.40. The molecular formula is C22H24FN3O3S. The van der Waals surface area contributed by atoms with Crippen LogP contribution in [-0.4, -0.2) is 30.4 Å². The smallest absolute Gasteiger partial charge is 0.346 e. The number of hydrazone groups is 1. The van der Waals surface area contributed by atoms with Crippen LogP contribution >= 0.6 is 12.2 Å². The first kappa shape index (κ1) is 21.7. The van der Waals surface area contributed by atoms with Gasteiger partial charge in [0.25, 0.3) is 0 Å². The topological polar surface area (TPSA) is 71.9 Å². The molecule has 0 unspecified atom stereocenters. The highest BCUT2D eigenvalue weighted by Crippen LogP contribution is 2.28. The second kappa shape index (κ2) is 10.7. The fourth-order valence-corrected chi connectivity index (χ4v) is 3.48. The Morgan fingerprint density at radius 3 is 2.67 bits per heavy atom. The van der Waals surface area contributed by atoms with E-state index in [1.54, 1.807) is 30.5 Å². The van der Waals surface area contributed by atoms with Crippen LogP contribution in [0, 0.1) is 5.82 Å². The van der Waals surface area contributed by atoms with E-state index in [1.807, 2.05) is 0 Å². The number of halogens is 1. The third kappa shape index (κ3) is 6.00. The van der Waals surface area contributed by atoms with Gasteiger partial charge >= 0.3 is 5.97 Å². The Balaban J connectivity index is 1.59. The number of methoxy groups -OCH3 is 1. The summed E-state index contributed by atoms with van der Waals surface area (Å²) in [6, 6.07) is 11.0. The lowest BCUT2D eigenvalue weighted by Gasteiger charge is -2.23. The molecule has 158 valence electrons. The average molecular weight is 430 g/mol. The van der Waals surface area contributed by atoms with E-state index in [2.05, 4.69) is 15.8 Å². The summed E-state index contributed by atoms with van der Waals surface area (Å²) in [5.74, 6) is -0.931. The summed E-state index contributed by atoms with van der Waals surface area (Å²) >= 11 is 5.28. The molecule has 0 heterocycles. The van der Waals surface area contributed by atoms with Gasteiger partial charge in [-0.15, -0.1) is 0 Å². The average Bonchev–Trinajstić information content (AvgIpc) is 2.75. The van der Waals surface area contributed by atoms with Gasteiger partial charge in [-0.25, -0.2) is 9.18 Å². The maximum Gasteiger partial charge on any atom is 0.346 e. The number of carbonyl (C=O) groups excluding carboxylic acids is 1. The molecule has 0 aromatic heterocycles. The van der Waals surface area contributed by atoms with E-state index in [4.69, 9.17) is 21.7 Å². The molecule has 1 aliphatic carbocycles. The predicted molar refractivity (Wildman–Crippen MR) is 118 cm³/mol. The fourth-order valence-electron chi connectivity index (χ4n) is 3.26. The number of benzene rings is 2. The van der Waals surface area contributed by atoms with Crippen LogP contribution in [0.4, 0.5) is 4.39 Å². The van der Waals surface area contributed by atoms with Gasteiger partial charge < -0.3 is 14.8 Å². The first-order chi connectivity index (χ1) is 14.6. The maximum absolute atomic E-state index is 13.8. The van der Waals surface area contributed by atoms with E-state index in [0.29, 0.717) is 22.5 Å². The van der Waals surface area contributed by atoms with Crippen LogP contribution < -0.4 is 20.2 Å². The van der Waals surface area contributed by atoms with Gasteiger partial charge in [0.2, 0.25) is 0 Å². The molecule has 8 heteroatoms. The van der Waals surface area contributed by atoms with Crippen LogP contribution in [0.3, 0.4) is 0 Å². The number of rotatable bonds is 6. The minimum Gasteiger partial charge on any atom is -0.493 e. The van der Waals surface area contributed by atoms with Crippen LogP contribution in [0.15, 0.2) is 47.6 Å². The maximum atomic E-state index is 13.8. The summed E-state index contributed by atoms with van der Waals surface area (Å²) in [7, 11) is 1.46. The number of nitrogens with one attached hydrogen (secondary N) is 2. The van der Waals surface area contributed by atoms with Crippen LogP contribution in [0.2, 0.25) is 0 Å². The molecule has 0 amide bonds. The number of hydrogen-bond acceptors (Lipinski definition) is 5. The van der Waals surface area contributed by atoms with Crippen LogP contribution in [-0.2, 0) is 0 Å². The Morgan fingerprint density at radius 1 is 1.17 bits per heavy atom. The van der Waals surface area contributed by atoms with Gasteiger partial charge in [-0.2, -0.15) is 5.10 Å². The second-order valence-corrected chi connectivity index (χ2v) is 7.37. The number of hydrogen-bond donors (Lipinski definition) is 2.